The van der Waals surface area contributed by atoms with Crippen molar-refractivity contribution in [3.63, 3.8) is 0 Å². The van der Waals surface area contributed by atoms with Gasteiger partial charge >= 0.3 is 13.7 Å². The molecule has 0 aliphatic carbocycles. The van der Waals surface area contributed by atoms with Crippen molar-refractivity contribution in [3.05, 3.63) is 0 Å². The van der Waals surface area contributed by atoms with Gasteiger partial charge in [0.1, 0.15) is 0 Å². The summed E-state index contributed by atoms with van der Waals surface area (Å²) < 4.78 is 36.5. The summed E-state index contributed by atoms with van der Waals surface area (Å²) in [6, 6.07) is 0. The highest BCUT2D eigenvalue weighted by Gasteiger charge is 2.24. The lowest BCUT2D eigenvalue weighted by molar-refractivity contribution is 0.102. The molecule has 0 aromatic carbocycles. The van der Waals surface area contributed by atoms with Gasteiger partial charge < -0.3 is 28.9 Å². The first-order valence-electron chi connectivity index (χ1n) is 24.0. The maximum atomic E-state index is 13.4. The van der Waals surface area contributed by atoms with E-state index in [1.165, 1.54) is 193 Å². The van der Waals surface area contributed by atoms with E-state index in [-0.39, 0.29) is 12.7 Å². The summed E-state index contributed by atoms with van der Waals surface area (Å²) in [6.45, 7) is 8.06. The monoisotopic (exact) mass is 804 g/mol. The Bertz CT molecular complexity index is 752. The van der Waals surface area contributed by atoms with Crippen LogP contribution in [-0.2, 0) is 23.1 Å². The van der Waals surface area contributed by atoms with Crippen LogP contribution in [-0.4, -0.2) is 63.5 Å². The molecule has 330 valence electrons. The summed E-state index contributed by atoms with van der Waals surface area (Å²) in [5.41, 5.74) is 0. The largest absolute Gasteiger partial charge is 0.465 e. The van der Waals surface area contributed by atoms with Crippen LogP contribution in [0.2, 0.25) is 0 Å². The smallest absolute Gasteiger partial charge is 0.404 e. The minimum atomic E-state index is -3.31. The van der Waals surface area contributed by atoms with Crippen molar-refractivity contribution in [2.45, 2.75) is 239 Å². The van der Waals surface area contributed by atoms with Crippen molar-refractivity contribution >= 4 is 13.7 Å². The maximum Gasteiger partial charge on any atom is 0.404 e. The van der Waals surface area contributed by atoms with Gasteiger partial charge in [0.05, 0.1) is 19.4 Å². The molecule has 0 aromatic heterocycles. The van der Waals surface area contributed by atoms with Crippen LogP contribution in [0.4, 0.5) is 4.79 Å². The van der Waals surface area contributed by atoms with E-state index in [1.807, 2.05) is 0 Å². The van der Waals surface area contributed by atoms with Gasteiger partial charge in [-0.05, 0) is 32.1 Å². The molecule has 9 heteroatoms. The molecule has 0 aliphatic heterocycles. The van der Waals surface area contributed by atoms with Crippen molar-refractivity contribution in [2.24, 2.45) is 0 Å². The molecule has 8 nitrogen and oxygen atoms in total. The number of amides is 1. The number of ether oxygens (including phenoxy) is 2. The molecule has 0 rings (SSSR count). The normalized spacial score (nSPS) is 11.8. The van der Waals surface area contributed by atoms with Gasteiger partial charge in [-0.3, -0.25) is 4.57 Å². The summed E-state index contributed by atoms with van der Waals surface area (Å²) in [7, 11) is -3.31. The van der Waals surface area contributed by atoms with Gasteiger partial charge in [0.25, 0.3) is 0 Å². The van der Waals surface area contributed by atoms with Crippen molar-refractivity contribution in [2.75, 3.05) is 52.3 Å². The van der Waals surface area contributed by atoms with E-state index in [1.54, 1.807) is 0 Å². The molecule has 2 N–H and O–H groups in total. The second-order valence-corrected chi connectivity index (χ2v) is 18.3. The third kappa shape index (κ3) is 45.9. The number of rotatable bonds is 48. The second-order valence-electron chi connectivity index (χ2n) is 16.1. The zero-order valence-electron chi connectivity index (χ0n) is 36.7. The molecular formula is C46H94NO7P. The lowest BCUT2D eigenvalue weighted by atomic mass is 10.0. The lowest BCUT2D eigenvalue weighted by Gasteiger charge is -2.19. The van der Waals surface area contributed by atoms with Gasteiger partial charge in [0.2, 0.25) is 0 Å². The Morgan fingerprint density at radius 2 is 0.673 bits per heavy atom. The zero-order chi connectivity index (χ0) is 40.0. The number of carboxylic acid groups (broad SMARTS) is 1. The zero-order valence-corrected chi connectivity index (χ0v) is 37.6. The first-order chi connectivity index (χ1) is 27.0. The predicted octanol–water partition coefficient (Wildman–Crippen LogP) is 15.2. The van der Waals surface area contributed by atoms with Gasteiger partial charge in [-0.1, -0.05) is 206 Å². The van der Waals surface area contributed by atoms with E-state index >= 15 is 0 Å². The Balaban J connectivity index is 3.73. The van der Waals surface area contributed by atoms with Crippen molar-refractivity contribution < 1.29 is 33.0 Å². The van der Waals surface area contributed by atoms with E-state index in [4.69, 9.17) is 23.6 Å². The average molecular weight is 804 g/mol. The molecule has 0 aromatic rings. The molecule has 0 aliphatic rings. The van der Waals surface area contributed by atoms with Gasteiger partial charge in [0.15, 0.2) is 0 Å². The molecule has 0 saturated carbocycles. The predicted molar refractivity (Wildman–Crippen MR) is 235 cm³/mol. The first-order valence-corrected chi connectivity index (χ1v) is 25.8. The highest BCUT2D eigenvalue weighted by atomic mass is 31.2. The molecule has 1 amide bonds. The fourth-order valence-corrected chi connectivity index (χ4v) is 8.76. The number of unbranched alkanes of at least 4 members (excludes halogenated alkanes) is 30. The molecule has 0 spiro atoms. The molecular weight excluding hydrogens is 709 g/mol. The molecule has 0 heterocycles. The highest BCUT2D eigenvalue weighted by molar-refractivity contribution is 7.53. The molecule has 0 fully saturated rings. The summed E-state index contributed by atoms with van der Waals surface area (Å²) in [4.78, 5) is 10.8. The summed E-state index contributed by atoms with van der Waals surface area (Å²) in [5.74, 6) is 0. The van der Waals surface area contributed by atoms with Crippen LogP contribution < -0.4 is 5.32 Å². The first kappa shape index (κ1) is 54.3. The standard InChI is InChI=1S/C46H94NO7P/c1-3-5-7-9-11-13-15-17-19-21-23-25-27-29-31-33-39-51-41-36-43-53-55(50,45-35-38-47-46(48)49)54-44-37-42-52-40-34-32-30-28-26-24-22-20-18-16-14-12-10-8-6-4-2/h47H,3-45H2,1-2H3,(H,48,49). The maximum absolute atomic E-state index is 13.4. The van der Waals surface area contributed by atoms with Crippen LogP contribution in [0.1, 0.15) is 239 Å². The number of carbonyl (C=O) groups is 1. The summed E-state index contributed by atoms with van der Waals surface area (Å²) in [5, 5.41) is 11.2. The van der Waals surface area contributed by atoms with Gasteiger partial charge in [-0.25, -0.2) is 4.79 Å². The molecule has 0 atom stereocenters. The van der Waals surface area contributed by atoms with Gasteiger partial charge in [-0.15, -0.1) is 0 Å². The Kier molecular flexibility index (Phi) is 45.5. The van der Waals surface area contributed by atoms with Crippen LogP contribution in [0.5, 0.6) is 0 Å². The van der Waals surface area contributed by atoms with E-state index in [9.17, 15) is 9.36 Å². The Hall–Kier alpha value is -0.660. The Morgan fingerprint density at radius 1 is 0.400 bits per heavy atom. The molecule has 0 saturated heterocycles. The van der Waals surface area contributed by atoms with E-state index in [0.29, 0.717) is 45.7 Å². The fourth-order valence-electron chi connectivity index (χ4n) is 7.07. The minimum Gasteiger partial charge on any atom is -0.465 e. The Morgan fingerprint density at radius 3 is 0.964 bits per heavy atom. The molecule has 0 radical (unpaired) electrons. The Labute approximate surface area is 342 Å². The molecule has 0 bridgehead atoms. The quantitative estimate of drug-likeness (QED) is 0.0466. The third-order valence-electron chi connectivity index (χ3n) is 10.6. The minimum absolute atomic E-state index is 0.188. The van der Waals surface area contributed by atoms with E-state index in [2.05, 4.69) is 19.2 Å². The highest BCUT2D eigenvalue weighted by Crippen LogP contribution is 2.48. The van der Waals surface area contributed by atoms with Gasteiger partial charge in [0, 0.05) is 33.0 Å². The van der Waals surface area contributed by atoms with Crippen LogP contribution >= 0.6 is 7.60 Å². The average Bonchev–Trinajstić information content (AvgIpc) is 3.17. The van der Waals surface area contributed by atoms with Crippen molar-refractivity contribution in [1.82, 2.24) is 5.32 Å². The second kappa shape index (κ2) is 46.0. The number of hydrogen-bond acceptors (Lipinski definition) is 6. The van der Waals surface area contributed by atoms with Crippen molar-refractivity contribution in [3.8, 4) is 0 Å². The van der Waals surface area contributed by atoms with Crippen LogP contribution in [0.15, 0.2) is 0 Å². The van der Waals surface area contributed by atoms with E-state index < -0.39 is 13.7 Å². The SMILES string of the molecule is CCCCCCCCCCCCCCCCCCOCCCOP(=O)(CCCNC(=O)O)OCCCOCCCCCCCCCCCCCCCCCC. The fraction of sp³-hybridized carbons (Fsp3) is 0.978. The summed E-state index contributed by atoms with van der Waals surface area (Å²) >= 11 is 0. The summed E-state index contributed by atoms with van der Waals surface area (Å²) in [6.07, 6.45) is 44.3. The topological polar surface area (TPSA) is 103 Å². The van der Waals surface area contributed by atoms with Crippen LogP contribution in [0.25, 0.3) is 0 Å². The third-order valence-corrected chi connectivity index (χ3v) is 12.6. The number of hydrogen-bond donors (Lipinski definition) is 2. The molecule has 0 unspecified atom stereocenters. The number of nitrogens with one attached hydrogen (secondary N) is 1. The van der Waals surface area contributed by atoms with Crippen LogP contribution in [0.3, 0.4) is 0 Å². The molecule has 55 heavy (non-hydrogen) atoms. The lowest BCUT2D eigenvalue weighted by Crippen LogP contribution is -2.22. The van der Waals surface area contributed by atoms with Crippen molar-refractivity contribution in [1.29, 1.82) is 0 Å². The van der Waals surface area contributed by atoms with E-state index in [0.717, 1.165) is 26.1 Å². The van der Waals surface area contributed by atoms with Crippen LogP contribution in [0, 0.1) is 0 Å². The van der Waals surface area contributed by atoms with Gasteiger partial charge in [-0.2, -0.15) is 0 Å².